The third-order valence-corrected chi connectivity index (χ3v) is 4.97. The predicted molar refractivity (Wildman–Crippen MR) is 112 cm³/mol. The Morgan fingerprint density at radius 2 is 1.89 bits per heavy atom. The summed E-state index contributed by atoms with van der Waals surface area (Å²) in [7, 11) is 1.81. The van der Waals surface area contributed by atoms with Gasteiger partial charge >= 0.3 is 5.97 Å². The van der Waals surface area contributed by atoms with E-state index in [1.165, 1.54) is 5.56 Å². The molecule has 0 aliphatic carbocycles. The summed E-state index contributed by atoms with van der Waals surface area (Å²) in [5.74, 6) is 5.38. The molecule has 0 radical (unpaired) electrons. The van der Waals surface area contributed by atoms with Crippen LogP contribution in [0.2, 0.25) is 0 Å². The molecule has 5 N–H and O–H groups in total. The molecule has 1 aliphatic rings. The van der Waals surface area contributed by atoms with Crippen LogP contribution in [0.4, 0.5) is 5.69 Å². The number of hydrazine groups is 1. The van der Waals surface area contributed by atoms with Gasteiger partial charge in [0, 0.05) is 24.0 Å². The Balaban J connectivity index is 1.91. The SMILES string of the molecule is CN/C(=C(/C)N(N)Cc1ccc(C)cc1)C1C=C(C(=O)O)c2ccccc2N1. The maximum atomic E-state index is 11.8. The van der Waals surface area contributed by atoms with Gasteiger partial charge in [0.05, 0.1) is 23.9 Å². The zero-order valence-electron chi connectivity index (χ0n) is 16.4. The fraction of sp³-hybridized carbons (Fsp3) is 0.227. The van der Waals surface area contributed by atoms with Gasteiger partial charge in [-0.3, -0.25) is 0 Å². The molecule has 2 aromatic rings. The minimum Gasteiger partial charge on any atom is -0.478 e. The van der Waals surface area contributed by atoms with Crippen LogP contribution in [0.25, 0.3) is 5.57 Å². The van der Waals surface area contributed by atoms with E-state index in [0.717, 1.165) is 22.6 Å². The third kappa shape index (κ3) is 4.02. The van der Waals surface area contributed by atoms with E-state index in [9.17, 15) is 9.90 Å². The second kappa shape index (κ2) is 8.19. The zero-order valence-corrected chi connectivity index (χ0v) is 16.4. The fourth-order valence-corrected chi connectivity index (χ4v) is 3.38. The predicted octanol–water partition coefficient (Wildman–Crippen LogP) is 3.08. The van der Waals surface area contributed by atoms with Gasteiger partial charge in [0.1, 0.15) is 0 Å². The number of fused-ring (bicyclic) bond motifs is 1. The Hall–Kier alpha value is -3.25. The van der Waals surface area contributed by atoms with Crippen molar-refractivity contribution in [3.05, 3.63) is 82.7 Å². The van der Waals surface area contributed by atoms with Crippen molar-refractivity contribution in [3.63, 3.8) is 0 Å². The van der Waals surface area contributed by atoms with Crippen molar-refractivity contribution in [2.45, 2.75) is 26.4 Å². The summed E-state index contributed by atoms with van der Waals surface area (Å²) < 4.78 is 0. The van der Waals surface area contributed by atoms with Crippen LogP contribution in [0, 0.1) is 6.92 Å². The molecule has 6 nitrogen and oxygen atoms in total. The monoisotopic (exact) mass is 378 g/mol. The van der Waals surface area contributed by atoms with E-state index in [1.54, 1.807) is 17.2 Å². The number of aryl methyl sites for hydroxylation is 1. The standard InChI is InChI=1S/C22H26N4O2/c1-14-8-10-16(11-9-14)13-26(23)15(2)21(24-3)20-12-18(22(27)28)17-6-4-5-7-19(17)25-20/h4-12,20,24-25H,13,23H2,1-3H3,(H,27,28)/b21-15-. The number of benzene rings is 2. The van der Waals surface area contributed by atoms with Gasteiger partial charge < -0.3 is 20.7 Å². The first-order valence-electron chi connectivity index (χ1n) is 9.18. The zero-order chi connectivity index (χ0) is 20.3. The smallest absolute Gasteiger partial charge is 0.336 e. The van der Waals surface area contributed by atoms with Crippen LogP contribution >= 0.6 is 0 Å². The number of nitrogens with two attached hydrogens (primary N) is 1. The number of hydrogen-bond acceptors (Lipinski definition) is 5. The lowest BCUT2D eigenvalue weighted by Crippen LogP contribution is -2.37. The van der Waals surface area contributed by atoms with Crippen LogP contribution in [-0.4, -0.2) is 29.2 Å². The number of carboxylic acids is 1. The van der Waals surface area contributed by atoms with Gasteiger partial charge in [-0.2, -0.15) is 0 Å². The van der Waals surface area contributed by atoms with E-state index in [2.05, 4.69) is 34.9 Å². The molecule has 1 heterocycles. The Labute approximate surface area is 165 Å². The lowest BCUT2D eigenvalue weighted by molar-refractivity contribution is -0.130. The van der Waals surface area contributed by atoms with Gasteiger partial charge in [0.15, 0.2) is 0 Å². The number of allylic oxidation sites excluding steroid dienone is 1. The van der Waals surface area contributed by atoms with Crippen molar-refractivity contribution in [2.24, 2.45) is 5.84 Å². The van der Waals surface area contributed by atoms with E-state index >= 15 is 0 Å². The first-order valence-corrected chi connectivity index (χ1v) is 9.18. The molecule has 0 bridgehead atoms. The van der Waals surface area contributed by atoms with Crippen LogP contribution in [0.3, 0.4) is 0 Å². The lowest BCUT2D eigenvalue weighted by Gasteiger charge is -2.30. The minimum absolute atomic E-state index is 0.280. The van der Waals surface area contributed by atoms with E-state index in [-0.39, 0.29) is 11.6 Å². The second-order valence-corrected chi connectivity index (χ2v) is 6.92. The highest BCUT2D eigenvalue weighted by molar-refractivity contribution is 6.18. The molecule has 0 spiro atoms. The Kier molecular flexibility index (Phi) is 5.70. The van der Waals surface area contributed by atoms with Crippen molar-refractivity contribution >= 4 is 17.2 Å². The number of aliphatic carboxylic acids is 1. The molecule has 0 fully saturated rings. The molecule has 6 heteroatoms. The van der Waals surface area contributed by atoms with Crippen LogP contribution < -0.4 is 16.5 Å². The minimum atomic E-state index is -0.948. The summed E-state index contributed by atoms with van der Waals surface area (Å²) in [6.07, 6.45) is 1.72. The van der Waals surface area contributed by atoms with Gasteiger partial charge in [-0.1, -0.05) is 48.0 Å². The van der Waals surface area contributed by atoms with Crippen molar-refractivity contribution in [1.82, 2.24) is 10.3 Å². The fourth-order valence-electron chi connectivity index (χ4n) is 3.38. The molecule has 1 unspecified atom stereocenters. The van der Waals surface area contributed by atoms with Crippen LogP contribution in [0.15, 0.2) is 66.0 Å². The maximum Gasteiger partial charge on any atom is 0.336 e. The normalized spacial score (nSPS) is 16.3. The molecule has 1 aliphatic heterocycles. The molecule has 3 rings (SSSR count). The number of rotatable bonds is 6. The van der Waals surface area contributed by atoms with Gasteiger partial charge in [0.25, 0.3) is 0 Å². The van der Waals surface area contributed by atoms with Gasteiger partial charge in [0.2, 0.25) is 0 Å². The number of anilines is 1. The van der Waals surface area contributed by atoms with E-state index < -0.39 is 5.97 Å². The molecular weight excluding hydrogens is 352 g/mol. The van der Waals surface area contributed by atoms with E-state index in [4.69, 9.17) is 5.84 Å². The number of nitrogens with one attached hydrogen (secondary N) is 2. The van der Waals surface area contributed by atoms with Crippen molar-refractivity contribution in [1.29, 1.82) is 0 Å². The van der Waals surface area contributed by atoms with Gasteiger partial charge in [-0.05, 0) is 31.6 Å². The molecule has 146 valence electrons. The van der Waals surface area contributed by atoms with Crippen molar-refractivity contribution in [3.8, 4) is 0 Å². The summed E-state index contributed by atoms with van der Waals surface area (Å²) in [6, 6.07) is 15.3. The third-order valence-electron chi connectivity index (χ3n) is 4.97. The summed E-state index contributed by atoms with van der Waals surface area (Å²) in [6.45, 7) is 4.53. The quantitative estimate of drug-likeness (QED) is 0.456. The van der Waals surface area contributed by atoms with Gasteiger partial charge in [-0.25, -0.2) is 10.6 Å². The number of carbonyl (C=O) groups is 1. The van der Waals surface area contributed by atoms with Crippen LogP contribution in [0.5, 0.6) is 0 Å². The highest BCUT2D eigenvalue weighted by Crippen LogP contribution is 2.31. The molecule has 0 saturated carbocycles. The van der Waals surface area contributed by atoms with Crippen LogP contribution in [0.1, 0.15) is 23.6 Å². The molecule has 2 aromatic carbocycles. The number of carboxylic acid groups (broad SMARTS) is 1. The van der Waals surface area contributed by atoms with E-state index in [0.29, 0.717) is 12.1 Å². The van der Waals surface area contributed by atoms with Crippen LogP contribution in [-0.2, 0) is 11.3 Å². The lowest BCUT2D eigenvalue weighted by atomic mass is 9.95. The van der Waals surface area contributed by atoms with Crippen molar-refractivity contribution in [2.75, 3.05) is 12.4 Å². The molecular formula is C22H26N4O2. The molecule has 0 aromatic heterocycles. The summed E-state index contributed by atoms with van der Waals surface area (Å²) >= 11 is 0. The molecule has 0 amide bonds. The molecule has 1 atom stereocenters. The average Bonchev–Trinajstić information content (AvgIpc) is 2.69. The maximum absolute atomic E-state index is 11.8. The first kappa shape index (κ1) is 19.5. The number of hydrogen-bond donors (Lipinski definition) is 4. The average molecular weight is 378 g/mol. The molecule has 28 heavy (non-hydrogen) atoms. The Morgan fingerprint density at radius 1 is 1.21 bits per heavy atom. The van der Waals surface area contributed by atoms with Gasteiger partial charge in [-0.15, -0.1) is 0 Å². The van der Waals surface area contributed by atoms with Crippen molar-refractivity contribution < 1.29 is 9.90 Å². The Bertz CT molecular complexity index is 932. The second-order valence-electron chi connectivity index (χ2n) is 6.92. The van der Waals surface area contributed by atoms with E-state index in [1.807, 2.05) is 39.1 Å². The molecule has 0 saturated heterocycles. The number of para-hydroxylation sites is 1. The Morgan fingerprint density at radius 3 is 2.54 bits per heavy atom. The number of nitrogens with zero attached hydrogens (tertiary/aromatic N) is 1. The highest BCUT2D eigenvalue weighted by atomic mass is 16.4. The summed E-state index contributed by atoms with van der Waals surface area (Å²) in [5.41, 5.74) is 5.71. The number of likely N-dealkylation sites (N-methyl/N-ethyl adjacent to an activating group) is 1. The largest absolute Gasteiger partial charge is 0.478 e. The summed E-state index contributed by atoms with van der Waals surface area (Å²) in [4.78, 5) is 11.8. The topological polar surface area (TPSA) is 90.6 Å². The summed E-state index contributed by atoms with van der Waals surface area (Å²) in [5, 5.41) is 17.9. The first-order chi connectivity index (χ1) is 13.4. The highest BCUT2D eigenvalue weighted by Gasteiger charge is 2.26.